The first-order valence-electron chi connectivity index (χ1n) is 15.6. The van der Waals surface area contributed by atoms with E-state index in [4.69, 9.17) is 0 Å². The van der Waals surface area contributed by atoms with Gasteiger partial charge in [0.05, 0.1) is 44.6 Å². The van der Waals surface area contributed by atoms with Crippen LogP contribution in [0.1, 0.15) is 27.8 Å². The molecule has 48 heavy (non-hydrogen) atoms. The van der Waals surface area contributed by atoms with Gasteiger partial charge in [-0.25, -0.2) is 8.78 Å². The third kappa shape index (κ3) is 4.52. The highest BCUT2D eigenvalue weighted by atomic mass is 19.4. The molecule has 0 spiro atoms. The molecule has 0 aliphatic carbocycles. The molecule has 238 valence electrons. The third-order valence-electron chi connectivity index (χ3n) is 9.29. The zero-order chi connectivity index (χ0) is 33.6. The van der Waals surface area contributed by atoms with E-state index in [1.54, 1.807) is 9.13 Å². The molecule has 0 fully saturated rings. The lowest BCUT2D eigenvalue weighted by atomic mass is 9.97. The molecule has 2 heterocycles. The predicted octanol–water partition coefficient (Wildman–Crippen LogP) is 12.1. The van der Waals surface area contributed by atoms with Crippen molar-refractivity contribution in [2.24, 2.45) is 0 Å². The monoisotopic (exact) mass is 644 g/mol. The van der Waals surface area contributed by atoms with Crippen LogP contribution in [-0.4, -0.2) is 9.13 Å². The summed E-state index contributed by atoms with van der Waals surface area (Å²) in [6, 6.07) is 28.8. The van der Waals surface area contributed by atoms with Crippen molar-refractivity contribution >= 4 is 43.6 Å². The summed E-state index contributed by atoms with van der Waals surface area (Å²) in [6.07, 6.45) is -4.82. The second kappa shape index (κ2) is 10.5. The number of hydrogen-bond acceptors (Lipinski definition) is 0. The number of benzene rings is 6. The molecule has 0 unspecified atom stereocenters. The van der Waals surface area contributed by atoms with Gasteiger partial charge in [0.15, 0.2) is 0 Å². The zero-order valence-electron chi connectivity index (χ0n) is 26.6. The Labute approximate surface area is 273 Å². The molecule has 8 rings (SSSR count). The van der Waals surface area contributed by atoms with E-state index < -0.39 is 28.9 Å². The summed E-state index contributed by atoms with van der Waals surface area (Å²) in [5.41, 5.74) is 4.43. The summed E-state index contributed by atoms with van der Waals surface area (Å²) in [7, 11) is 0. The van der Waals surface area contributed by atoms with Crippen LogP contribution in [0.4, 0.5) is 22.0 Å². The quantitative estimate of drug-likeness (QED) is 0.169. The van der Waals surface area contributed by atoms with E-state index in [1.807, 2.05) is 100 Å². The van der Waals surface area contributed by atoms with Crippen molar-refractivity contribution in [1.29, 1.82) is 0 Å². The van der Waals surface area contributed by atoms with Gasteiger partial charge in [-0.15, -0.1) is 0 Å². The Balaban J connectivity index is 1.61. The maximum absolute atomic E-state index is 15.9. The number of halogens is 5. The number of aromatic nitrogens is 2. The van der Waals surface area contributed by atoms with Gasteiger partial charge < -0.3 is 9.13 Å². The Kier molecular flexibility index (Phi) is 6.57. The van der Waals surface area contributed by atoms with E-state index in [9.17, 15) is 0 Å². The molecule has 0 bridgehead atoms. The fraction of sp³-hybridized carbons (Fsp3) is 0.122. The Morgan fingerprint density at radius 1 is 0.458 bits per heavy atom. The van der Waals surface area contributed by atoms with Crippen molar-refractivity contribution in [3.8, 4) is 22.5 Å². The summed E-state index contributed by atoms with van der Waals surface area (Å²) >= 11 is 0. The molecule has 0 N–H and O–H groups in total. The summed E-state index contributed by atoms with van der Waals surface area (Å²) in [4.78, 5) is 0. The van der Waals surface area contributed by atoms with Gasteiger partial charge in [-0.3, -0.25) is 0 Å². The topological polar surface area (TPSA) is 9.86 Å². The van der Waals surface area contributed by atoms with E-state index in [0.717, 1.165) is 62.0 Å². The van der Waals surface area contributed by atoms with Crippen LogP contribution in [-0.2, 0) is 6.18 Å². The Morgan fingerprint density at radius 3 is 1.21 bits per heavy atom. The van der Waals surface area contributed by atoms with E-state index >= 15 is 22.0 Å². The number of hydrogen-bond donors (Lipinski definition) is 0. The zero-order valence-corrected chi connectivity index (χ0v) is 26.6. The van der Waals surface area contributed by atoms with E-state index in [2.05, 4.69) is 0 Å². The molecule has 0 amide bonds. The lowest BCUT2D eigenvalue weighted by Crippen LogP contribution is -2.14. The van der Waals surface area contributed by atoms with Gasteiger partial charge in [-0.05, 0) is 98.5 Å². The minimum absolute atomic E-state index is 0.00529. The second-order valence-corrected chi connectivity index (χ2v) is 12.7. The molecule has 7 heteroatoms. The summed E-state index contributed by atoms with van der Waals surface area (Å²) < 4.78 is 81.5. The Hall–Kier alpha value is -5.43. The van der Waals surface area contributed by atoms with Crippen molar-refractivity contribution in [2.75, 3.05) is 0 Å². The molecule has 2 aromatic heterocycles. The van der Waals surface area contributed by atoms with E-state index in [-0.39, 0.29) is 16.9 Å². The minimum Gasteiger partial charge on any atom is -0.309 e. The molecule has 8 aromatic rings. The van der Waals surface area contributed by atoms with Crippen LogP contribution in [0, 0.1) is 39.3 Å². The number of aryl methyl sites for hydroxylation is 4. The highest BCUT2D eigenvalue weighted by Gasteiger charge is 2.37. The van der Waals surface area contributed by atoms with Crippen LogP contribution in [0.3, 0.4) is 0 Å². The fourth-order valence-electron chi connectivity index (χ4n) is 7.13. The van der Waals surface area contributed by atoms with Crippen LogP contribution in [0.15, 0.2) is 103 Å². The molecule has 0 saturated heterocycles. The van der Waals surface area contributed by atoms with Crippen LogP contribution < -0.4 is 0 Å². The lowest BCUT2D eigenvalue weighted by molar-refractivity contribution is -0.137. The molecular formula is C41H29F5N2. The highest BCUT2D eigenvalue weighted by molar-refractivity contribution is 6.11. The first-order chi connectivity index (χ1) is 22.9. The molecule has 0 saturated carbocycles. The molecule has 2 nitrogen and oxygen atoms in total. The normalized spacial score (nSPS) is 12.3. The summed E-state index contributed by atoms with van der Waals surface area (Å²) in [5, 5.41) is 3.20. The maximum Gasteiger partial charge on any atom is 0.418 e. The van der Waals surface area contributed by atoms with Crippen LogP contribution in [0.25, 0.3) is 66.1 Å². The van der Waals surface area contributed by atoms with Gasteiger partial charge in [0.1, 0.15) is 11.6 Å². The average molecular weight is 645 g/mol. The van der Waals surface area contributed by atoms with Gasteiger partial charge in [-0.2, -0.15) is 13.2 Å². The standard InChI is InChI=1S/C41H29F5N2/c1-22-8-12-26-27-13-9-23(2)17-35(27)47(34(26)16-22)38-21-31(41(44,45)46)39(20-30(38)40-32(42)6-5-7-33(40)43)48-36-18-24(3)10-14-28(36)29-15-11-25(4)19-37(29)48/h5-21H,1-4H3. The van der Waals surface area contributed by atoms with Crippen LogP contribution in [0.2, 0.25) is 0 Å². The van der Waals surface area contributed by atoms with Crippen molar-refractivity contribution in [3.63, 3.8) is 0 Å². The molecular weight excluding hydrogens is 615 g/mol. The molecule has 6 aromatic carbocycles. The molecule has 0 radical (unpaired) electrons. The van der Waals surface area contributed by atoms with Gasteiger partial charge in [0.2, 0.25) is 0 Å². The van der Waals surface area contributed by atoms with Crippen molar-refractivity contribution in [1.82, 2.24) is 9.13 Å². The molecule has 0 atom stereocenters. The first kappa shape index (κ1) is 29.9. The fourth-order valence-corrected chi connectivity index (χ4v) is 7.13. The Bertz CT molecular complexity index is 2480. The number of fused-ring (bicyclic) bond motifs is 6. The van der Waals surface area contributed by atoms with Gasteiger partial charge in [0, 0.05) is 27.1 Å². The summed E-state index contributed by atoms with van der Waals surface area (Å²) in [6.45, 7) is 7.57. The second-order valence-electron chi connectivity index (χ2n) is 12.7. The average Bonchev–Trinajstić information content (AvgIpc) is 3.50. The van der Waals surface area contributed by atoms with Crippen molar-refractivity contribution < 1.29 is 22.0 Å². The van der Waals surface area contributed by atoms with Gasteiger partial charge >= 0.3 is 6.18 Å². The maximum atomic E-state index is 15.9. The van der Waals surface area contributed by atoms with Crippen molar-refractivity contribution in [3.05, 3.63) is 143 Å². The van der Waals surface area contributed by atoms with Crippen molar-refractivity contribution in [2.45, 2.75) is 33.9 Å². The largest absolute Gasteiger partial charge is 0.418 e. The molecule has 0 aliphatic heterocycles. The smallest absolute Gasteiger partial charge is 0.309 e. The highest BCUT2D eigenvalue weighted by Crippen LogP contribution is 2.46. The van der Waals surface area contributed by atoms with E-state index in [0.29, 0.717) is 22.1 Å². The van der Waals surface area contributed by atoms with Gasteiger partial charge in [-0.1, -0.05) is 54.6 Å². The minimum atomic E-state index is -4.82. The van der Waals surface area contributed by atoms with E-state index in [1.165, 1.54) is 12.1 Å². The van der Waals surface area contributed by atoms with Crippen LogP contribution in [0.5, 0.6) is 0 Å². The first-order valence-corrected chi connectivity index (χ1v) is 15.6. The number of nitrogens with zero attached hydrogens (tertiary/aromatic N) is 2. The van der Waals surface area contributed by atoms with Crippen LogP contribution >= 0.6 is 0 Å². The number of rotatable bonds is 3. The summed E-state index contributed by atoms with van der Waals surface area (Å²) in [5.74, 6) is -1.74. The number of alkyl halides is 3. The SMILES string of the molecule is Cc1ccc2c3ccc(C)cc3n(-c3cc(C(F)(F)F)c(-n4c5cc(C)ccc5c5ccc(C)cc54)cc3-c3c(F)cccc3F)c2c1. The third-order valence-corrected chi connectivity index (χ3v) is 9.29. The Morgan fingerprint density at radius 2 is 0.833 bits per heavy atom. The predicted molar refractivity (Wildman–Crippen MR) is 184 cm³/mol. The van der Waals surface area contributed by atoms with Gasteiger partial charge in [0.25, 0.3) is 0 Å². The lowest BCUT2D eigenvalue weighted by Gasteiger charge is -2.22. The molecule has 0 aliphatic rings.